The van der Waals surface area contributed by atoms with Gasteiger partial charge >= 0.3 is 0 Å². The zero-order valence-electron chi connectivity index (χ0n) is 7.12. The highest BCUT2D eigenvalue weighted by atomic mass is 32.2. The van der Waals surface area contributed by atoms with Crippen LogP contribution in [0.4, 0.5) is 4.39 Å². The molecule has 1 nitrogen and oxygen atoms in total. The van der Waals surface area contributed by atoms with Crippen LogP contribution in [0.3, 0.4) is 0 Å². The van der Waals surface area contributed by atoms with E-state index in [1.165, 1.54) is 23.9 Å². The van der Waals surface area contributed by atoms with Crippen LogP contribution in [0.25, 0.3) is 0 Å². The minimum Gasteiger partial charge on any atom is -0.207 e. The van der Waals surface area contributed by atoms with E-state index in [-0.39, 0.29) is 5.82 Å². The Hall–Kier alpha value is -1.27. The number of rotatable bonds is 2. The van der Waals surface area contributed by atoms with Crippen LogP contribution < -0.4 is 0 Å². The lowest BCUT2D eigenvalue weighted by Crippen LogP contribution is -1.72. The number of hydrogen-bond donors (Lipinski definition) is 0. The molecular weight excluding hydrogens is 185 g/mol. The Kier molecular flexibility index (Phi) is 3.53. The van der Waals surface area contributed by atoms with E-state index in [2.05, 4.69) is 0 Å². The fourth-order valence-electron chi connectivity index (χ4n) is 0.696. The van der Waals surface area contributed by atoms with Crippen LogP contribution in [0, 0.1) is 17.1 Å². The second-order valence-corrected chi connectivity index (χ2v) is 3.43. The number of nitriles is 1. The second kappa shape index (κ2) is 4.68. The van der Waals surface area contributed by atoms with Gasteiger partial charge in [0.15, 0.2) is 0 Å². The SMILES string of the molecule is CC(C#N)=CSc1ccc(F)cc1. The third kappa shape index (κ3) is 3.30. The lowest BCUT2D eigenvalue weighted by Gasteiger charge is -1.94. The van der Waals surface area contributed by atoms with Crippen molar-refractivity contribution < 1.29 is 4.39 Å². The summed E-state index contributed by atoms with van der Waals surface area (Å²) in [5, 5.41) is 10.2. The fourth-order valence-corrected chi connectivity index (χ4v) is 1.35. The quantitative estimate of drug-likeness (QED) is 0.531. The molecule has 0 unspecified atom stereocenters. The van der Waals surface area contributed by atoms with Gasteiger partial charge in [-0.15, -0.1) is 0 Å². The number of hydrogen-bond acceptors (Lipinski definition) is 2. The molecule has 66 valence electrons. The van der Waals surface area contributed by atoms with Crippen molar-refractivity contribution in [2.45, 2.75) is 11.8 Å². The van der Waals surface area contributed by atoms with E-state index in [1.807, 2.05) is 6.07 Å². The van der Waals surface area contributed by atoms with Crippen LogP contribution in [0.2, 0.25) is 0 Å². The summed E-state index contributed by atoms with van der Waals surface area (Å²) >= 11 is 1.41. The molecule has 3 heteroatoms. The van der Waals surface area contributed by atoms with Gasteiger partial charge in [-0.2, -0.15) is 5.26 Å². The third-order valence-electron chi connectivity index (χ3n) is 1.36. The molecule has 0 bridgehead atoms. The van der Waals surface area contributed by atoms with Crippen LogP contribution >= 0.6 is 11.8 Å². The zero-order valence-corrected chi connectivity index (χ0v) is 7.94. The summed E-state index contributed by atoms with van der Waals surface area (Å²) < 4.78 is 12.5. The molecule has 0 aliphatic rings. The summed E-state index contributed by atoms with van der Waals surface area (Å²) in [5.74, 6) is -0.245. The van der Waals surface area contributed by atoms with Gasteiger partial charge in [-0.3, -0.25) is 0 Å². The highest BCUT2D eigenvalue weighted by Crippen LogP contribution is 2.20. The molecule has 1 aromatic rings. The van der Waals surface area contributed by atoms with Crippen molar-refractivity contribution in [1.29, 1.82) is 5.26 Å². The van der Waals surface area contributed by atoms with Crippen molar-refractivity contribution in [2.75, 3.05) is 0 Å². The van der Waals surface area contributed by atoms with Crippen molar-refractivity contribution in [2.24, 2.45) is 0 Å². The number of allylic oxidation sites excluding steroid dienone is 1. The highest BCUT2D eigenvalue weighted by Gasteiger charge is 1.92. The molecule has 0 amide bonds. The first-order valence-electron chi connectivity index (χ1n) is 3.71. The molecule has 0 radical (unpaired) electrons. The average molecular weight is 193 g/mol. The standard InChI is InChI=1S/C10H8FNS/c1-8(6-12)7-13-10-4-2-9(11)3-5-10/h2-5,7H,1H3. The Labute approximate surface area is 80.9 Å². The smallest absolute Gasteiger partial charge is 0.123 e. The Morgan fingerprint density at radius 1 is 1.46 bits per heavy atom. The van der Waals surface area contributed by atoms with Gasteiger partial charge in [-0.1, -0.05) is 11.8 Å². The largest absolute Gasteiger partial charge is 0.207 e. The van der Waals surface area contributed by atoms with E-state index in [0.29, 0.717) is 5.57 Å². The van der Waals surface area contributed by atoms with E-state index in [9.17, 15) is 4.39 Å². The summed E-state index contributed by atoms with van der Waals surface area (Å²) in [6.07, 6.45) is 0. The summed E-state index contributed by atoms with van der Waals surface area (Å²) in [6.45, 7) is 1.73. The van der Waals surface area contributed by atoms with E-state index in [4.69, 9.17) is 5.26 Å². The predicted molar refractivity (Wildman–Crippen MR) is 51.6 cm³/mol. The molecule has 13 heavy (non-hydrogen) atoms. The maximum atomic E-state index is 12.5. The first kappa shape index (κ1) is 9.82. The summed E-state index contributed by atoms with van der Waals surface area (Å²) in [6, 6.07) is 8.18. The van der Waals surface area contributed by atoms with Gasteiger partial charge in [0.05, 0.1) is 6.07 Å². The first-order chi connectivity index (χ1) is 6.22. The topological polar surface area (TPSA) is 23.8 Å². The minimum absolute atomic E-state index is 0.245. The molecule has 1 rings (SSSR count). The van der Waals surface area contributed by atoms with Gasteiger partial charge in [0.2, 0.25) is 0 Å². The molecule has 0 heterocycles. The third-order valence-corrected chi connectivity index (χ3v) is 2.38. The van der Waals surface area contributed by atoms with Gasteiger partial charge in [-0.25, -0.2) is 4.39 Å². The fraction of sp³-hybridized carbons (Fsp3) is 0.100. The molecule has 0 fully saturated rings. The maximum Gasteiger partial charge on any atom is 0.123 e. The Morgan fingerprint density at radius 2 is 2.08 bits per heavy atom. The zero-order chi connectivity index (χ0) is 9.68. The molecular formula is C10H8FNS. The average Bonchev–Trinajstić information content (AvgIpc) is 2.16. The molecule has 0 aliphatic carbocycles. The summed E-state index contributed by atoms with van der Waals surface area (Å²) in [7, 11) is 0. The Bertz CT molecular complexity index is 348. The minimum atomic E-state index is -0.245. The van der Waals surface area contributed by atoms with Gasteiger partial charge in [0.25, 0.3) is 0 Å². The normalized spacial score (nSPS) is 11.0. The van der Waals surface area contributed by atoms with Crippen LogP contribution in [0.5, 0.6) is 0 Å². The van der Waals surface area contributed by atoms with Crippen molar-refractivity contribution in [3.8, 4) is 6.07 Å². The van der Waals surface area contributed by atoms with Crippen molar-refractivity contribution in [1.82, 2.24) is 0 Å². The maximum absolute atomic E-state index is 12.5. The van der Waals surface area contributed by atoms with Gasteiger partial charge in [0, 0.05) is 10.5 Å². The second-order valence-electron chi connectivity index (χ2n) is 2.48. The molecule has 0 N–H and O–H groups in total. The highest BCUT2D eigenvalue weighted by molar-refractivity contribution is 8.02. The summed E-state index contributed by atoms with van der Waals surface area (Å²) in [5.41, 5.74) is 0.648. The molecule has 0 atom stereocenters. The van der Waals surface area contributed by atoms with E-state index >= 15 is 0 Å². The molecule has 1 aromatic carbocycles. The molecule has 0 aliphatic heterocycles. The van der Waals surface area contributed by atoms with Crippen LogP contribution in [0.15, 0.2) is 40.1 Å². The van der Waals surface area contributed by atoms with E-state index in [0.717, 1.165) is 4.90 Å². The van der Waals surface area contributed by atoms with Gasteiger partial charge in [-0.05, 0) is 36.6 Å². The van der Waals surface area contributed by atoms with E-state index < -0.39 is 0 Å². The van der Waals surface area contributed by atoms with E-state index in [1.54, 1.807) is 24.5 Å². The van der Waals surface area contributed by atoms with Crippen molar-refractivity contribution in [3.05, 3.63) is 41.1 Å². The van der Waals surface area contributed by atoms with Crippen LogP contribution in [-0.2, 0) is 0 Å². The Balaban J connectivity index is 2.67. The number of nitrogens with zero attached hydrogens (tertiary/aromatic N) is 1. The summed E-state index contributed by atoms with van der Waals surface area (Å²) in [4.78, 5) is 0.927. The number of thioether (sulfide) groups is 1. The van der Waals surface area contributed by atoms with Crippen LogP contribution in [0.1, 0.15) is 6.92 Å². The predicted octanol–water partition coefficient (Wildman–Crippen LogP) is 3.35. The van der Waals surface area contributed by atoms with Crippen molar-refractivity contribution in [3.63, 3.8) is 0 Å². The molecule has 0 saturated carbocycles. The first-order valence-corrected chi connectivity index (χ1v) is 4.59. The number of halogens is 1. The van der Waals surface area contributed by atoms with Crippen LogP contribution in [-0.4, -0.2) is 0 Å². The lowest BCUT2D eigenvalue weighted by atomic mass is 10.4. The Morgan fingerprint density at radius 3 is 2.62 bits per heavy atom. The molecule has 0 spiro atoms. The molecule has 0 aromatic heterocycles. The monoisotopic (exact) mass is 193 g/mol. The lowest BCUT2D eigenvalue weighted by molar-refractivity contribution is 0.626. The molecule has 0 saturated heterocycles. The van der Waals surface area contributed by atoms with Gasteiger partial charge in [0.1, 0.15) is 5.82 Å². The number of benzene rings is 1. The van der Waals surface area contributed by atoms with Gasteiger partial charge < -0.3 is 0 Å². The van der Waals surface area contributed by atoms with Crippen molar-refractivity contribution >= 4 is 11.8 Å².